The zero-order valence-electron chi connectivity index (χ0n) is 13.3. The van der Waals surface area contributed by atoms with Crippen molar-refractivity contribution >= 4 is 0 Å². The van der Waals surface area contributed by atoms with Crippen LogP contribution in [-0.2, 0) is 6.42 Å². The molecular formula is C16H30N4. The van der Waals surface area contributed by atoms with Crippen molar-refractivity contribution in [2.24, 2.45) is 23.5 Å². The summed E-state index contributed by atoms with van der Waals surface area (Å²) in [6.07, 6.45) is 9.38. The minimum atomic E-state index is 0.388. The highest BCUT2D eigenvalue weighted by Crippen LogP contribution is 2.37. The molecule has 2 rings (SSSR count). The van der Waals surface area contributed by atoms with Gasteiger partial charge in [-0.3, -0.25) is 0 Å². The van der Waals surface area contributed by atoms with Crippen LogP contribution in [0.5, 0.6) is 0 Å². The molecule has 0 saturated heterocycles. The van der Waals surface area contributed by atoms with Gasteiger partial charge in [0.25, 0.3) is 0 Å². The first-order chi connectivity index (χ1) is 9.65. The fraction of sp³-hybridized carbons (Fsp3) is 0.875. The van der Waals surface area contributed by atoms with Crippen LogP contribution in [0.4, 0.5) is 0 Å². The van der Waals surface area contributed by atoms with Crippen molar-refractivity contribution < 1.29 is 0 Å². The molecule has 1 fully saturated rings. The Morgan fingerprint density at radius 3 is 2.80 bits per heavy atom. The summed E-state index contributed by atoms with van der Waals surface area (Å²) >= 11 is 0. The van der Waals surface area contributed by atoms with E-state index in [2.05, 4.69) is 35.5 Å². The molecule has 0 bridgehead atoms. The van der Waals surface area contributed by atoms with Crippen LogP contribution >= 0.6 is 0 Å². The highest BCUT2D eigenvalue weighted by atomic mass is 15.3. The lowest BCUT2D eigenvalue weighted by Crippen LogP contribution is -2.32. The predicted octanol–water partition coefficient (Wildman–Crippen LogP) is 3.19. The summed E-state index contributed by atoms with van der Waals surface area (Å²) in [4.78, 5) is 4.48. The van der Waals surface area contributed by atoms with Crippen molar-refractivity contribution in [2.75, 3.05) is 6.54 Å². The Kier molecular flexibility index (Phi) is 5.58. The maximum atomic E-state index is 6.00. The minimum absolute atomic E-state index is 0.388. The highest BCUT2D eigenvalue weighted by Gasteiger charge is 2.30. The molecular weight excluding hydrogens is 248 g/mol. The van der Waals surface area contributed by atoms with Crippen LogP contribution in [0.1, 0.15) is 64.7 Å². The molecule has 1 aliphatic rings. The molecule has 114 valence electrons. The molecule has 2 N–H and O–H groups in total. The normalized spacial score (nSPS) is 27.1. The molecule has 1 aromatic heterocycles. The van der Waals surface area contributed by atoms with Gasteiger partial charge in [0, 0.05) is 12.5 Å². The molecule has 1 saturated carbocycles. The lowest BCUT2D eigenvalue weighted by Gasteiger charge is -2.35. The van der Waals surface area contributed by atoms with Crippen molar-refractivity contribution in [1.29, 1.82) is 0 Å². The Morgan fingerprint density at radius 1 is 1.35 bits per heavy atom. The molecule has 0 aliphatic heterocycles. The summed E-state index contributed by atoms with van der Waals surface area (Å²) < 4.78 is 2.07. The molecule has 0 aromatic carbocycles. The van der Waals surface area contributed by atoms with Gasteiger partial charge in [0.2, 0.25) is 0 Å². The Bertz CT molecular complexity index is 399. The second-order valence-electron chi connectivity index (χ2n) is 6.64. The summed E-state index contributed by atoms with van der Waals surface area (Å²) in [7, 11) is 0. The van der Waals surface area contributed by atoms with E-state index in [4.69, 9.17) is 5.73 Å². The van der Waals surface area contributed by atoms with Crippen molar-refractivity contribution in [3.05, 3.63) is 12.2 Å². The summed E-state index contributed by atoms with van der Waals surface area (Å²) in [6, 6.07) is 0.388. The second kappa shape index (κ2) is 7.21. The molecule has 3 atom stereocenters. The highest BCUT2D eigenvalue weighted by molar-refractivity contribution is 4.93. The van der Waals surface area contributed by atoms with Gasteiger partial charge in [0.05, 0.1) is 0 Å². The monoisotopic (exact) mass is 278 g/mol. The second-order valence-corrected chi connectivity index (χ2v) is 6.64. The van der Waals surface area contributed by atoms with Gasteiger partial charge in [-0.2, -0.15) is 5.10 Å². The number of nitrogens with zero attached hydrogens (tertiary/aromatic N) is 3. The van der Waals surface area contributed by atoms with Gasteiger partial charge in [0.15, 0.2) is 0 Å². The van der Waals surface area contributed by atoms with Gasteiger partial charge in [-0.25, -0.2) is 9.67 Å². The van der Waals surface area contributed by atoms with Crippen LogP contribution in [0.3, 0.4) is 0 Å². The fourth-order valence-corrected chi connectivity index (χ4v) is 3.74. The molecule has 0 amide bonds. The van der Waals surface area contributed by atoms with Crippen LogP contribution in [-0.4, -0.2) is 21.3 Å². The lowest BCUT2D eigenvalue weighted by molar-refractivity contribution is 0.172. The summed E-state index contributed by atoms with van der Waals surface area (Å²) in [6.45, 7) is 7.44. The standard InChI is InChI=1S/C16H30N4/c1-4-5-13-6-7-14(10-17)15(8-13)9-16-18-11-19-20(16)12(2)3/h11-15H,4-10,17H2,1-3H3. The quantitative estimate of drug-likeness (QED) is 0.869. The molecule has 4 heteroatoms. The van der Waals surface area contributed by atoms with Crippen molar-refractivity contribution in [3.8, 4) is 0 Å². The van der Waals surface area contributed by atoms with E-state index in [1.807, 2.05) is 0 Å². The molecule has 0 radical (unpaired) electrons. The van der Waals surface area contributed by atoms with E-state index in [0.29, 0.717) is 17.9 Å². The largest absolute Gasteiger partial charge is 0.330 e. The van der Waals surface area contributed by atoms with E-state index in [1.165, 1.54) is 32.1 Å². The average Bonchev–Trinajstić information content (AvgIpc) is 2.88. The maximum Gasteiger partial charge on any atom is 0.138 e. The first-order valence-corrected chi connectivity index (χ1v) is 8.24. The number of aromatic nitrogens is 3. The molecule has 4 nitrogen and oxygen atoms in total. The van der Waals surface area contributed by atoms with Gasteiger partial charge >= 0.3 is 0 Å². The van der Waals surface area contributed by atoms with Gasteiger partial charge in [-0.1, -0.05) is 26.2 Å². The Morgan fingerprint density at radius 2 is 2.15 bits per heavy atom. The van der Waals surface area contributed by atoms with Crippen molar-refractivity contribution in [2.45, 2.75) is 65.3 Å². The van der Waals surface area contributed by atoms with Crippen molar-refractivity contribution in [1.82, 2.24) is 14.8 Å². The summed E-state index contributed by atoms with van der Waals surface area (Å²) in [5.41, 5.74) is 6.00. The predicted molar refractivity (Wildman–Crippen MR) is 82.4 cm³/mol. The SMILES string of the molecule is CCCC1CCC(CN)C(Cc2ncnn2C(C)C)C1. The Hall–Kier alpha value is -0.900. The number of rotatable bonds is 6. The first-order valence-electron chi connectivity index (χ1n) is 8.24. The topological polar surface area (TPSA) is 56.7 Å². The van der Waals surface area contributed by atoms with Gasteiger partial charge in [0.1, 0.15) is 12.2 Å². The number of nitrogens with two attached hydrogens (primary N) is 1. The van der Waals surface area contributed by atoms with Crippen molar-refractivity contribution in [3.63, 3.8) is 0 Å². The number of hydrogen-bond acceptors (Lipinski definition) is 3. The maximum absolute atomic E-state index is 6.00. The third-order valence-electron chi connectivity index (χ3n) is 4.83. The van der Waals surface area contributed by atoms with Crippen LogP contribution in [0.2, 0.25) is 0 Å². The van der Waals surface area contributed by atoms with Crippen LogP contribution in [0.15, 0.2) is 6.33 Å². The fourth-order valence-electron chi connectivity index (χ4n) is 3.74. The van der Waals surface area contributed by atoms with E-state index >= 15 is 0 Å². The lowest BCUT2D eigenvalue weighted by atomic mass is 9.71. The zero-order valence-corrected chi connectivity index (χ0v) is 13.3. The minimum Gasteiger partial charge on any atom is -0.330 e. The Labute approximate surface area is 123 Å². The Balaban J connectivity index is 2.05. The van der Waals surface area contributed by atoms with Gasteiger partial charge in [-0.05, 0) is 51.0 Å². The summed E-state index contributed by atoms with van der Waals surface area (Å²) in [5.74, 6) is 3.39. The number of hydrogen-bond donors (Lipinski definition) is 1. The average molecular weight is 278 g/mol. The van der Waals surface area contributed by atoms with E-state index in [1.54, 1.807) is 6.33 Å². The molecule has 1 aromatic rings. The molecule has 1 aliphatic carbocycles. The third kappa shape index (κ3) is 3.60. The molecule has 1 heterocycles. The molecule has 0 spiro atoms. The van der Waals surface area contributed by atoms with Crippen LogP contribution in [0.25, 0.3) is 0 Å². The van der Waals surface area contributed by atoms with Crippen LogP contribution in [0, 0.1) is 17.8 Å². The zero-order chi connectivity index (χ0) is 14.5. The summed E-state index contributed by atoms with van der Waals surface area (Å²) in [5, 5.41) is 4.36. The van der Waals surface area contributed by atoms with Gasteiger partial charge in [-0.15, -0.1) is 0 Å². The molecule has 20 heavy (non-hydrogen) atoms. The van der Waals surface area contributed by atoms with E-state index < -0.39 is 0 Å². The van der Waals surface area contributed by atoms with E-state index in [0.717, 1.165) is 24.7 Å². The van der Waals surface area contributed by atoms with E-state index in [9.17, 15) is 0 Å². The first kappa shape index (κ1) is 15.5. The third-order valence-corrected chi connectivity index (χ3v) is 4.83. The van der Waals surface area contributed by atoms with Crippen LogP contribution < -0.4 is 5.73 Å². The van der Waals surface area contributed by atoms with E-state index in [-0.39, 0.29) is 0 Å². The molecule has 3 unspecified atom stereocenters. The van der Waals surface area contributed by atoms with Gasteiger partial charge < -0.3 is 5.73 Å². The smallest absolute Gasteiger partial charge is 0.138 e.